The van der Waals surface area contributed by atoms with E-state index in [9.17, 15) is 9.18 Å². The number of hydrogen-bond acceptors (Lipinski definition) is 5. The molecule has 7 rings (SSSR count). The average Bonchev–Trinajstić information content (AvgIpc) is 3.80. The van der Waals surface area contributed by atoms with Crippen LogP contribution in [0, 0.1) is 5.82 Å². The molecule has 1 amide bonds. The quantitative estimate of drug-likeness (QED) is 0.163. The Bertz CT molecular complexity index is 1970. The molecule has 6 aromatic rings. The zero-order chi connectivity index (χ0) is 30.0. The van der Waals surface area contributed by atoms with Gasteiger partial charge in [-0.2, -0.15) is 5.10 Å². The van der Waals surface area contributed by atoms with E-state index in [2.05, 4.69) is 42.5 Å². The van der Waals surface area contributed by atoms with Crippen molar-refractivity contribution in [2.75, 3.05) is 31.6 Å². The fourth-order valence-electron chi connectivity index (χ4n) is 5.95. The summed E-state index contributed by atoms with van der Waals surface area (Å²) in [7, 11) is 0. The summed E-state index contributed by atoms with van der Waals surface area (Å²) in [5, 5.41) is 12.6. The molecule has 9 heteroatoms. The van der Waals surface area contributed by atoms with Gasteiger partial charge in [-0.1, -0.05) is 25.1 Å². The summed E-state index contributed by atoms with van der Waals surface area (Å²) in [6.45, 7) is 5.40. The van der Waals surface area contributed by atoms with Crippen LogP contribution in [0.2, 0.25) is 0 Å². The number of ether oxygens (including phenoxy) is 1. The Labute approximate surface area is 254 Å². The van der Waals surface area contributed by atoms with Crippen molar-refractivity contribution in [2.24, 2.45) is 0 Å². The Hall–Kier alpha value is -5.02. The van der Waals surface area contributed by atoms with Gasteiger partial charge in [0.25, 0.3) is 0 Å². The van der Waals surface area contributed by atoms with Gasteiger partial charge >= 0.3 is 0 Å². The maximum absolute atomic E-state index is 14.8. The molecule has 1 aliphatic rings. The molecule has 3 N–H and O–H groups in total. The number of nitrogens with zero attached hydrogens (tertiary/aromatic N) is 3. The van der Waals surface area contributed by atoms with Gasteiger partial charge in [-0.3, -0.25) is 19.8 Å². The molecule has 4 heterocycles. The third-order valence-corrected chi connectivity index (χ3v) is 8.22. The Kier molecular flexibility index (Phi) is 7.54. The van der Waals surface area contributed by atoms with E-state index in [1.165, 1.54) is 18.9 Å². The highest BCUT2D eigenvalue weighted by molar-refractivity contribution is 6.02. The highest BCUT2D eigenvalue weighted by Crippen LogP contribution is 2.36. The Balaban J connectivity index is 1.20. The van der Waals surface area contributed by atoms with Crippen LogP contribution in [-0.4, -0.2) is 57.2 Å². The van der Waals surface area contributed by atoms with Gasteiger partial charge in [0, 0.05) is 47.1 Å². The van der Waals surface area contributed by atoms with Crippen molar-refractivity contribution in [3.63, 3.8) is 0 Å². The van der Waals surface area contributed by atoms with E-state index in [0.717, 1.165) is 75.1 Å². The lowest BCUT2D eigenvalue weighted by Gasteiger charge is -2.15. The molecule has 0 unspecified atom stereocenters. The van der Waals surface area contributed by atoms with Gasteiger partial charge in [0.2, 0.25) is 5.91 Å². The van der Waals surface area contributed by atoms with E-state index in [-0.39, 0.29) is 11.7 Å². The van der Waals surface area contributed by atoms with E-state index in [4.69, 9.17) is 4.74 Å². The van der Waals surface area contributed by atoms with Gasteiger partial charge in [-0.15, -0.1) is 0 Å². The molecule has 3 aromatic heterocycles. The molecular weight excluding hydrogens is 555 g/mol. The first-order chi connectivity index (χ1) is 21.5. The second-order valence-corrected chi connectivity index (χ2v) is 11.2. The number of anilines is 1. The predicted molar refractivity (Wildman–Crippen MR) is 172 cm³/mol. The fourth-order valence-corrected chi connectivity index (χ4v) is 5.95. The molecule has 222 valence electrons. The molecule has 8 nitrogen and oxygen atoms in total. The van der Waals surface area contributed by atoms with Crippen LogP contribution in [-0.2, 0) is 4.79 Å². The van der Waals surface area contributed by atoms with Crippen LogP contribution in [0.4, 0.5) is 10.1 Å². The molecular formula is C35H33FN6O2. The van der Waals surface area contributed by atoms with Crippen molar-refractivity contribution in [3.05, 3.63) is 84.9 Å². The molecule has 0 bridgehead atoms. The van der Waals surface area contributed by atoms with E-state index in [1.807, 2.05) is 49.4 Å². The number of carbonyl (C=O) groups excluding carboxylic acids is 1. The van der Waals surface area contributed by atoms with Crippen molar-refractivity contribution in [2.45, 2.75) is 26.2 Å². The SMILES string of the molecule is CCC(=O)Nc1cncc(-c2ccc3[nH]nc(-c4cc5c(-c6cc(F)cc(OCCN7CCCC7)c6)cccc5[nH]4)c3c2)c1. The lowest BCUT2D eigenvalue weighted by atomic mass is 10.0. The second kappa shape index (κ2) is 11.9. The number of aromatic amines is 2. The number of carbonyl (C=O) groups is 1. The summed E-state index contributed by atoms with van der Waals surface area (Å²) >= 11 is 0. The van der Waals surface area contributed by atoms with Crippen LogP contribution in [0.15, 0.2) is 79.1 Å². The number of pyridine rings is 1. The Morgan fingerprint density at radius 3 is 2.70 bits per heavy atom. The highest BCUT2D eigenvalue weighted by atomic mass is 19.1. The smallest absolute Gasteiger partial charge is 0.224 e. The second-order valence-electron chi connectivity index (χ2n) is 11.2. The number of aromatic nitrogens is 4. The molecule has 1 fully saturated rings. The maximum atomic E-state index is 14.8. The first-order valence-electron chi connectivity index (χ1n) is 15.1. The number of amides is 1. The molecule has 1 aliphatic heterocycles. The van der Waals surface area contributed by atoms with E-state index in [0.29, 0.717) is 24.5 Å². The van der Waals surface area contributed by atoms with Gasteiger partial charge in [0.05, 0.1) is 23.1 Å². The van der Waals surface area contributed by atoms with Gasteiger partial charge in [0.15, 0.2) is 0 Å². The van der Waals surface area contributed by atoms with Gasteiger partial charge in [-0.25, -0.2) is 4.39 Å². The monoisotopic (exact) mass is 588 g/mol. The summed E-state index contributed by atoms with van der Waals surface area (Å²) in [5.41, 5.74) is 7.60. The number of rotatable bonds is 9. The van der Waals surface area contributed by atoms with E-state index >= 15 is 0 Å². The molecule has 3 aromatic carbocycles. The van der Waals surface area contributed by atoms with Crippen molar-refractivity contribution in [3.8, 4) is 39.4 Å². The lowest BCUT2D eigenvalue weighted by molar-refractivity contribution is -0.115. The minimum atomic E-state index is -0.329. The third kappa shape index (κ3) is 5.66. The number of H-pyrrole nitrogens is 2. The van der Waals surface area contributed by atoms with Crippen LogP contribution >= 0.6 is 0 Å². The normalized spacial score (nSPS) is 13.6. The van der Waals surface area contributed by atoms with Gasteiger partial charge in [-0.05, 0) is 85.1 Å². The first-order valence-corrected chi connectivity index (χ1v) is 15.1. The predicted octanol–water partition coefficient (Wildman–Crippen LogP) is 7.40. The number of benzene rings is 3. The van der Waals surface area contributed by atoms with Crippen LogP contribution in [0.1, 0.15) is 26.2 Å². The van der Waals surface area contributed by atoms with Crippen LogP contribution in [0.25, 0.3) is 55.4 Å². The number of likely N-dealkylation sites (tertiary alicyclic amines) is 1. The highest BCUT2D eigenvalue weighted by Gasteiger charge is 2.16. The summed E-state index contributed by atoms with van der Waals surface area (Å²) in [5.74, 6) is 0.143. The largest absolute Gasteiger partial charge is 0.492 e. The van der Waals surface area contributed by atoms with Crippen molar-refractivity contribution >= 4 is 33.4 Å². The Morgan fingerprint density at radius 2 is 1.84 bits per heavy atom. The van der Waals surface area contributed by atoms with E-state index < -0.39 is 0 Å². The van der Waals surface area contributed by atoms with Gasteiger partial charge < -0.3 is 15.0 Å². The van der Waals surface area contributed by atoms with Crippen LogP contribution in [0.5, 0.6) is 5.75 Å². The molecule has 0 saturated carbocycles. The summed E-state index contributed by atoms with van der Waals surface area (Å²) in [6.07, 6.45) is 6.28. The first kappa shape index (κ1) is 27.8. The van der Waals surface area contributed by atoms with Crippen molar-refractivity contribution in [1.29, 1.82) is 0 Å². The summed E-state index contributed by atoms with van der Waals surface area (Å²) in [6, 6.07) is 20.9. The fraction of sp³-hybridized carbons (Fsp3) is 0.229. The number of halogens is 1. The van der Waals surface area contributed by atoms with Crippen molar-refractivity contribution < 1.29 is 13.9 Å². The minimum Gasteiger partial charge on any atom is -0.492 e. The van der Waals surface area contributed by atoms with Crippen LogP contribution < -0.4 is 10.1 Å². The van der Waals surface area contributed by atoms with E-state index in [1.54, 1.807) is 18.5 Å². The molecule has 44 heavy (non-hydrogen) atoms. The summed E-state index contributed by atoms with van der Waals surface area (Å²) in [4.78, 5) is 22.1. The lowest BCUT2D eigenvalue weighted by Crippen LogP contribution is -2.25. The molecule has 0 radical (unpaired) electrons. The van der Waals surface area contributed by atoms with Gasteiger partial charge in [0.1, 0.15) is 23.9 Å². The molecule has 0 aliphatic carbocycles. The minimum absolute atomic E-state index is 0.0609. The molecule has 0 spiro atoms. The Morgan fingerprint density at radius 1 is 0.955 bits per heavy atom. The topological polar surface area (TPSA) is 98.9 Å². The number of nitrogens with one attached hydrogen (secondary N) is 3. The maximum Gasteiger partial charge on any atom is 0.224 e. The van der Waals surface area contributed by atoms with Crippen LogP contribution in [0.3, 0.4) is 0 Å². The molecule has 0 atom stereocenters. The van der Waals surface area contributed by atoms with Crippen molar-refractivity contribution in [1.82, 2.24) is 25.1 Å². The molecule has 1 saturated heterocycles. The average molecular weight is 589 g/mol. The summed E-state index contributed by atoms with van der Waals surface area (Å²) < 4.78 is 20.8. The standard InChI is InChI=1S/C35H33FN6O2/c1-2-34(43)38-26-15-24(20-37-21-26)22-8-9-32-30(17-22)35(41-40-32)33-19-29-28(6-5-7-31(29)39-33)23-14-25(36)18-27(16-23)44-13-12-42-10-3-4-11-42/h5-9,14-21,39H,2-4,10-13H2,1H3,(H,38,43)(H,40,41). The third-order valence-electron chi connectivity index (χ3n) is 8.22. The zero-order valence-electron chi connectivity index (χ0n) is 24.5. The number of hydrogen-bond donors (Lipinski definition) is 3. The number of fused-ring (bicyclic) bond motifs is 2. The zero-order valence-corrected chi connectivity index (χ0v) is 24.5.